The smallest absolute Gasteiger partial charge is 0.250 e. The van der Waals surface area contributed by atoms with Gasteiger partial charge in [-0.05, 0) is 208 Å². The summed E-state index contributed by atoms with van der Waals surface area (Å²) in [5.74, 6) is 6.15. The number of hydrogen-bond acceptors (Lipinski definition) is 10. The van der Waals surface area contributed by atoms with Crippen molar-refractivity contribution in [2.45, 2.75) is 337 Å². The van der Waals surface area contributed by atoms with E-state index in [1.165, 1.54) is 62.9 Å². The quantitative estimate of drug-likeness (QED) is 0.0935. The highest BCUT2D eigenvalue weighted by Crippen LogP contribution is 2.56. The average molecular weight is 1750 g/mol. The Hall–Kier alpha value is -5.88. The van der Waals surface area contributed by atoms with E-state index in [-0.39, 0.29) is 54.2 Å². The molecule has 1 heterocycles. The lowest BCUT2D eigenvalue weighted by molar-refractivity contribution is 0.0944. The second-order valence-electron chi connectivity index (χ2n) is 44.0. The van der Waals surface area contributed by atoms with Crippen LogP contribution in [-0.4, -0.2) is 92.7 Å². The van der Waals surface area contributed by atoms with E-state index < -0.39 is 57.0 Å². The Balaban J connectivity index is 0.000000207. The van der Waals surface area contributed by atoms with Crippen LogP contribution in [0.2, 0.25) is 122 Å². The molecule has 1 fully saturated rings. The molecule has 7 aliphatic rings. The summed E-state index contributed by atoms with van der Waals surface area (Å²) < 4.78 is 37.9. The molecule has 3 unspecified atom stereocenters. The summed E-state index contributed by atoms with van der Waals surface area (Å²) in [5.41, 5.74) is 19.1. The molecule has 1 aliphatic heterocycles. The van der Waals surface area contributed by atoms with Gasteiger partial charge in [-0.15, -0.1) is 0 Å². The minimum atomic E-state index is -1.94. The Morgan fingerprint density at radius 1 is 0.390 bits per heavy atom. The highest BCUT2D eigenvalue weighted by atomic mass is 35.6. The maximum atomic E-state index is 12.1. The van der Waals surface area contributed by atoms with E-state index in [0.717, 1.165) is 89.0 Å². The summed E-state index contributed by atoms with van der Waals surface area (Å²) in [7, 11) is -12.6. The molecule has 3 atom stereocenters. The second kappa shape index (κ2) is 37.3. The topological polar surface area (TPSA) is 127 Å². The van der Waals surface area contributed by atoms with Crippen LogP contribution in [0.4, 0.5) is 0 Å². The number of halogens is 1. The number of allylic oxidation sites excluding steroid dienone is 3. The zero-order valence-corrected chi connectivity index (χ0v) is 87.7. The molecule has 0 amide bonds. The first-order valence-electron chi connectivity index (χ1n) is 43.6. The maximum absolute atomic E-state index is 12.1. The number of carbonyl (C=O) groups is 3. The lowest BCUT2D eigenvalue weighted by Crippen LogP contribution is -2.44. The third kappa shape index (κ3) is 23.5. The third-order valence-corrected chi connectivity index (χ3v) is 59.4. The second-order valence-corrected chi connectivity index (χ2v) is 79.7. The number of benzene rings is 6. The van der Waals surface area contributed by atoms with Crippen molar-refractivity contribution in [3.05, 3.63) is 193 Å². The number of carbonyl (C=O) groups excluding carboxylic acids is 3. The summed E-state index contributed by atoms with van der Waals surface area (Å²) in [6.45, 7) is 84.2. The van der Waals surface area contributed by atoms with Crippen LogP contribution in [0.5, 0.6) is 34.5 Å². The van der Waals surface area contributed by atoms with Gasteiger partial charge in [0.1, 0.15) is 34.5 Å². The summed E-state index contributed by atoms with van der Waals surface area (Å²) in [6.07, 6.45) is 14.3. The van der Waals surface area contributed by atoms with Crippen LogP contribution in [0.3, 0.4) is 0 Å². The molecular weight excluding hydrogens is 1590 g/mol. The van der Waals surface area contributed by atoms with Crippen LogP contribution in [0, 0.1) is 5.92 Å². The lowest BCUT2D eigenvalue weighted by Gasteiger charge is -2.40. The summed E-state index contributed by atoms with van der Waals surface area (Å²) in [4.78, 5) is 34.9. The zero-order chi connectivity index (χ0) is 89.3. The normalized spacial score (nSPS) is 17.8. The molecule has 10 nitrogen and oxygen atoms in total. The van der Waals surface area contributed by atoms with Crippen molar-refractivity contribution in [2.75, 3.05) is 13.2 Å². The van der Waals surface area contributed by atoms with Gasteiger partial charge in [-0.2, -0.15) is 11.1 Å². The van der Waals surface area contributed by atoms with Crippen molar-refractivity contribution in [2.24, 2.45) is 5.92 Å². The Morgan fingerprint density at radius 3 is 1.08 bits per heavy atom. The average Bonchev–Trinajstić information content (AvgIpc) is 1.57. The van der Waals surface area contributed by atoms with Crippen LogP contribution in [-0.2, 0) is 30.4 Å². The summed E-state index contributed by atoms with van der Waals surface area (Å²) in [5, 5.41) is 10.6. The van der Waals surface area contributed by atoms with Crippen LogP contribution in [0.25, 0.3) is 18.2 Å². The molecule has 6 aromatic carbocycles. The van der Waals surface area contributed by atoms with Crippen molar-refractivity contribution in [1.82, 2.24) is 0 Å². The largest absolute Gasteiger partial charge is 0.543 e. The minimum absolute atomic E-state index is 0.0964. The van der Waals surface area contributed by atoms with Gasteiger partial charge in [0.25, 0.3) is 16.6 Å². The highest BCUT2D eigenvalue weighted by molar-refractivity contribution is 7.20. The minimum Gasteiger partial charge on any atom is -0.543 e. The predicted octanol–water partition coefficient (Wildman–Crippen LogP) is 30.2. The van der Waals surface area contributed by atoms with Gasteiger partial charge in [0, 0.05) is 93.1 Å². The summed E-state index contributed by atoms with van der Waals surface area (Å²) in [6, 6.07) is 36.8. The molecule has 0 radical (unpaired) electrons. The number of ketones is 3. The van der Waals surface area contributed by atoms with E-state index in [1.54, 1.807) is 18.2 Å². The van der Waals surface area contributed by atoms with Crippen molar-refractivity contribution in [3.63, 3.8) is 0 Å². The number of phenolic OH excluding ortho intramolecular Hbond substituents is 1. The van der Waals surface area contributed by atoms with Crippen LogP contribution in [0.1, 0.15) is 270 Å². The Labute approximate surface area is 727 Å². The van der Waals surface area contributed by atoms with E-state index in [1.807, 2.05) is 43.3 Å². The van der Waals surface area contributed by atoms with Crippen LogP contribution >= 0.6 is 11.1 Å². The molecule has 118 heavy (non-hydrogen) atoms. The van der Waals surface area contributed by atoms with E-state index in [0.29, 0.717) is 40.9 Å². The van der Waals surface area contributed by atoms with Crippen LogP contribution < -0.4 is 22.1 Å². The number of Topliss-reactive ketones (excluding diaryl/α,β-unsaturated/α-hetero) is 3. The molecule has 13 rings (SSSR count). The van der Waals surface area contributed by atoms with Gasteiger partial charge in [0.05, 0.1) is 8.07 Å². The van der Waals surface area contributed by atoms with Gasteiger partial charge >= 0.3 is 0 Å². The number of phenols is 1. The fourth-order valence-electron chi connectivity index (χ4n) is 14.4. The third-order valence-electron chi connectivity index (χ3n) is 27.9. The molecular formula is C100H153ClO10Si7. The van der Waals surface area contributed by atoms with Crippen molar-refractivity contribution < 1.29 is 46.4 Å². The number of rotatable bonds is 12. The van der Waals surface area contributed by atoms with Gasteiger partial charge in [0.2, 0.25) is 25.0 Å². The molecule has 1 saturated heterocycles. The van der Waals surface area contributed by atoms with E-state index >= 15 is 0 Å². The number of aromatic hydroxyl groups is 1. The Morgan fingerprint density at radius 2 is 0.712 bits per heavy atom. The lowest BCUT2D eigenvalue weighted by atomic mass is 10.1. The Kier molecular flexibility index (Phi) is 31.3. The number of ether oxygens (including phenoxy) is 1. The number of hydrogen-bond donors (Lipinski definition) is 1. The Bertz CT molecular complexity index is 4550. The monoisotopic (exact) mass is 1740 g/mol. The highest BCUT2D eigenvalue weighted by Gasteiger charge is 2.50. The molecule has 0 saturated carbocycles. The first kappa shape index (κ1) is 99.2. The predicted molar refractivity (Wildman–Crippen MR) is 523 cm³/mol. The van der Waals surface area contributed by atoms with Crippen molar-refractivity contribution in [1.29, 1.82) is 0 Å². The van der Waals surface area contributed by atoms with E-state index in [4.69, 9.17) is 37.9 Å². The first-order chi connectivity index (χ1) is 53.8. The van der Waals surface area contributed by atoms with Gasteiger partial charge in [-0.1, -0.05) is 265 Å². The van der Waals surface area contributed by atoms with Gasteiger partial charge < -0.3 is 32.0 Å². The molecule has 6 aromatic rings. The summed E-state index contributed by atoms with van der Waals surface area (Å²) >= 11 is 6.15. The van der Waals surface area contributed by atoms with E-state index in [9.17, 15) is 19.5 Å². The molecule has 0 spiro atoms. The maximum Gasteiger partial charge on any atom is 0.250 e. The molecule has 18 heteroatoms. The fourth-order valence-corrected chi connectivity index (χ4v) is 24.6. The molecule has 648 valence electrons. The van der Waals surface area contributed by atoms with Gasteiger partial charge in [0.15, 0.2) is 24.7 Å². The number of fused-ring (bicyclic) bond motifs is 6. The van der Waals surface area contributed by atoms with E-state index in [2.05, 4.69) is 310 Å². The first-order valence-corrected chi connectivity index (χ1v) is 65.3. The molecule has 1 N–H and O–H groups in total. The zero-order valence-electron chi connectivity index (χ0n) is 79.9. The molecule has 0 bridgehead atoms. The standard InChI is InChI=1S/C34H52O2Si3.C16H24O2Si.C16H24OSi.C15H22O2Si.C9H8O2.C6H15ClSi.C4H8O/c1-23-21-27-25(17-15-19-29(27)35-38(11,12)33(3,4)5)31(23)37(9,10)32-24(2)22-28-26(32)18-16-20-30(28)36-39(13,14)34(6,7)8;1-11-10-13-12(15(11)17)8-7-9-14(13)18-19(5,6)16(2,3)4;1-12-10-13-8-7-9-15(14(13)11-12)17-18(5,6)16(2,3)4;1-15(2,3)18(4,5)17-14-8-6-7-11-12(14)9-10-13(11)16;10-8-3-1-2-6-7(8)4-5-9(6)11;1-6(2,3)8(4,5)7;1-2-4-5-3-1/h15-22,31-32H,1-14H3;7-9,11H,10H2,1-6H3;7-10H,11H2,1-6H3;6-8H,9-10H2,1-5H3;1-3,10H,4-5H2;1-5H3;1-4H2. The van der Waals surface area contributed by atoms with Gasteiger partial charge in [-0.25, -0.2) is 0 Å². The SMILES string of the molecule is C1CCOC1.CC(C)(C)[Si](C)(C)Cl.CC(C)(C)[Si](C)(C)Oc1cccc2c1CCC2=O.CC1=Cc2c(O[Si](C)(C)C(C)(C)C)cccc2C1[Si](C)(C)C1C(C)=Cc2c(O[Si](C)(C)C(C)(C)C)cccc21.CC1=Cc2cccc(O[Si](C)(C)C(C)(C)C)c2C1.CC1Cc2c(O[Si](C)(C)C(C)(C)C)cccc2C1=O.O=C1CCc2c(O)cccc21. The van der Waals surface area contributed by atoms with Gasteiger partial charge in [-0.3, -0.25) is 14.4 Å². The van der Waals surface area contributed by atoms with Crippen molar-refractivity contribution in [3.8, 4) is 34.5 Å². The fraction of sp³-hybridized carbons (Fsp3) is 0.550. The van der Waals surface area contributed by atoms with Crippen molar-refractivity contribution >= 4 is 104 Å². The molecule has 0 aromatic heterocycles. The van der Waals surface area contributed by atoms with Crippen LogP contribution in [0.15, 0.2) is 126 Å². The molecule has 6 aliphatic carbocycles.